The minimum atomic E-state index is 0. The molecule has 1 aliphatic rings. The van der Waals surface area contributed by atoms with Crippen molar-refractivity contribution in [3.8, 4) is 0 Å². The van der Waals surface area contributed by atoms with E-state index in [2.05, 4.69) is 5.43 Å². The van der Waals surface area contributed by atoms with Crippen LogP contribution in [0.4, 0.5) is 0 Å². The van der Waals surface area contributed by atoms with Gasteiger partial charge in [0.2, 0.25) is 5.96 Å². The lowest BCUT2D eigenvalue weighted by Gasteiger charge is -2.14. The minimum absolute atomic E-state index is 0. The fraction of sp³-hybridized carbons (Fsp3) is 0.250. The van der Waals surface area contributed by atoms with E-state index in [4.69, 9.17) is 11.1 Å². The number of nitrogens with one attached hydrogen (secondary N) is 2. The first-order valence-electron chi connectivity index (χ1n) is 2.33. The summed E-state index contributed by atoms with van der Waals surface area (Å²) in [4.78, 5) is 0. The Morgan fingerprint density at radius 1 is 1.78 bits per heavy atom. The molecule has 4 N–H and O–H groups in total. The summed E-state index contributed by atoms with van der Waals surface area (Å²) in [6.07, 6.45) is 3.64. The molecule has 1 heterocycles. The summed E-state index contributed by atoms with van der Waals surface area (Å²) in [5.41, 5.74) is 7.86. The maximum atomic E-state index is 6.89. The van der Waals surface area contributed by atoms with Gasteiger partial charge in [0.25, 0.3) is 0 Å². The quantitative estimate of drug-likeness (QED) is 0.325. The summed E-state index contributed by atoms with van der Waals surface area (Å²) in [5.74, 6) is 0.0509. The number of hydrazine groups is 1. The van der Waals surface area contributed by atoms with Crippen LogP contribution in [0, 0.1) is 5.41 Å². The Morgan fingerprint density at radius 2 is 2.44 bits per heavy atom. The van der Waals surface area contributed by atoms with Crippen LogP contribution in [0.3, 0.4) is 0 Å². The van der Waals surface area contributed by atoms with Gasteiger partial charge in [-0.2, -0.15) is 0 Å². The molecule has 0 aromatic carbocycles. The number of halogens is 1. The Kier molecular flexibility index (Phi) is 2.87. The van der Waals surface area contributed by atoms with Crippen molar-refractivity contribution in [3.05, 3.63) is 12.3 Å². The van der Waals surface area contributed by atoms with Crippen LogP contribution in [-0.4, -0.2) is 17.5 Å². The van der Waals surface area contributed by atoms with Gasteiger partial charge in [0.05, 0.1) is 6.54 Å². The zero-order chi connectivity index (χ0) is 5.98. The van der Waals surface area contributed by atoms with E-state index in [1.165, 1.54) is 5.01 Å². The van der Waals surface area contributed by atoms with Gasteiger partial charge in [0.1, 0.15) is 0 Å². The van der Waals surface area contributed by atoms with Gasteiger partial charge in [0.15, 0.2) is 0 Å². The molecule has 5 heteroatoms. The van der Waals surface area contributed by atoms with E-state index in [-0.39, 0.29) is 18.4 Å². The molecular formula is C4H9ClN4. The Labute approximate surface area is 59.6 Å². The predicted molar refractivity (Wildman–Crippen MR) is 38.1 cm³/mol. The fourth-order valence-corrected chi connectivity index (χ4v) is 0.521. The van der Waals surface area contributed by atoms with E-state index in [1.54, 1.807) is 6.20 Å². The normalized spacial score (nSPS) is 14.4. The molecular weight excluding hydrogens is 140 g/mol. The number of rotatable bonds is 0. The lowest BCUT2D eigenvalue weighted by atomic mass is 10.6. The van der Waals surface area contributed by atoms with E-state index in [0.717, 1.165) is 0 Å². The summed E-state index contributed by atoms with van der Waals surface area (Å²) in [5, 5.41) is 8.42. The first kappa shape index (κ1) is 8.10. The molecule has 1 rings (SSSR count). The van der Waals surface area contributed by atoms with Crippen molar-refractivity contribution in [3.63, 3.8) is 0 Å². The van der Waals surface area contributed by atoms with Crippen molar-refractivity contribution < 1.29 is 0 Å². The van der Waals surface area contributed by atoms with Crippen molar-refractivity contribution in [2.24, 2.45) is 5.73 Å². The monoisotopic (exact) mass is 148 g/mol. The summed E-state index contributed by atoms with van der Waals surface area (Å²) in [7, 11) is 0. The first-order valence-corrected chi connectivity index (χ1v) is 2.33. The third kappa shape index (κ3) is 1.81. The molecule has 0 radical (unpaired) electrons. The highest BCUT2D eigenvalue weighted by Crippen LogP contribution is 1.88. The third-order valence-electron chi connectivity index (χ3n) is 0.927. The zero-order valence-electron chi connectivity index (χ0n) is 4.79. The van der Waals surface area contributed by atoms with Crippen molar-refractivity contribution in [1.82, 2.24) is 10.4 Å². The minimum Gasteiger partial charge on any atom is -0.369 e. The maximum Gasteiger partial charge on any atom is 0.207 e. The number of guanidine groups is 1. The second-order valence-electron chi connectivity index (χ2n) is 1.53. The zero-order valence-corrected chi connectivity index (χ0v) is 5.61. The summed E-state index contributed by atoms with van der Waals surface area (Å²) in [6, 6.07) is 0. The predicted octanol–water partition coefficient (Wildman–Crippen LogP) is -0.364. The number of hydrogen-bond acceptors (Lipinski definition) is 2. The molecule has 0 unspecified atom stereocenters. The standard InChI is InChI=1S/C4H8N4.ClH/c5-4(6)8-3-1-2-7-8;/h1-2,7H,3H2,(H3,5,6);1H. The van der Waals surface area contributed by atoms with Crippen LogP contribution in [0.25, 0.3) is 0 Å². The average molecular weight is 149 g/mol. The van der Waals surface area contributed by atoms with Crippen molar-refractivity contribution in [1.29, 1.82) is 5.41 Å². The molecule has 0 aromatic rings. The van der Waals surface area contributed by atoms with Crippen LogP contribution in [0.1, 0.15) is 0 Å². The second-order valence-corrected chi connectivity index (χ2v) is 1.53. The largest absolute Gasteiger partial charge is 0.369 e. The van der Waals surface area contributed by atoms with Crippen LogP contribution < -0.4 is 11.2 Å². The lowest BCUT2D eigenvalue weighted by molar-refractivity contribution is 0.415. The van der Waals surface area contributed by atoms with Gasteiger partial charge in [-0.05, 0) is 6.08 Å². The fourth-order valence-electron chi connectivity index (χ4n) is 0.521. The van der Waals surface area contributed by atoms with Gasteiger partial charge in [0, 0.05) is 6.20 Å². The van der Waals surface area contributed by atoms with Gasteiger partial charge < -0.3 is 11.2 Å². The Balaban J connectivity index is 0.000000640. The molecule has 0 fully saturated rings. The maximum absolute atomic E-state index is 6.89. The van der Waals surface area contributed by atoms with E-state index in [1.807, 2.05) is 6.08 Å². The molecule has 0 amide bonds. The second kappa shape index (κ2) is 3.19. The van der Waals surface area contributed by atoms with Gasteiger partial charge in [-0.3, -0.25) is 10.4 Å². The van der Waals surface area contributed by atoms with Crippen molar-refractivity contribution >= 4 is 18.4 Å². The summed E-state index contributed by atoms with van der Waals surface area (Å²) >= 11 is 0. The molecule has 0 saturated heterocycles. The van der Waals surface area contributed by atoms with Gasteiger partial charge in [-0.1, -0.05) is 0 Å². The molecule has 0 aliphatic carbocycles. The molecule has 52 valence electrons. The Hall–Kier alpha value is -0.900. The lowest BCUT2D eigenvalue weighted by Crippen LogP contribution is -2.40. The highest BCUT2D eigenvalue weighted by Gasteiger charge is 2.03. The van der Waals surface area contributed by atoms with Gasteiger partial charge in [-0.25, -0.2) is 0 Å². The molecule has 0 atom stereocenters. The number of hydrogen-bond donors (Lipinski definition) is 3. The highest BCUT2D eigenvalue weighted by atomic mass is 35.5. The van der Waals surface area contributed by atoms with Gasteiger partial charge >= 0.3 is 0 Å². The SMILES string of the molecule is Cl.N=C(N)N1CC=CN1. The van der Waals surface area contributed by atoms with E-state index in [0.29, 0.717) is 6.54 Å². The molecule has 0 saturated carbocycles. The first-order chi connectivity index (χ1) is 3.80. The molecule has 9 heavy (non-hydrogen) atoms. The molecule has 0 aromatic heterocycles. The highest BCUT2D eigenvalue weighted by molar-refractivity contribution is 5.85. The average Bonchev–Trinajstić information content (AvgIpc) is 2.12. The van der Waals surface area contributed by atoms with Crippen LogP contribution in [-0.2, 0) is 0 Å². The van der Waals surface area contributed by atoms with Gasteiger partial charge in [-0.15, -0.1) is 12.4 Å². The van der Waals surface area contributed by atoms with E-state index >= 15 is 0 Å². The topological polar surface area (TPSA) is 65.1 Å². The number of nitrogens with zero attached hydrogens (tertiary/aromatic N) is 1. The van der Waals surface area contributed by atoms with Crippen LogP contribution in [0.15, 0.2) is 12.3 Å². The van der Waals surface area contributed by atoms with Crippen LogP contribution >= 0.6 is 12.4 Å². The smallest absolute Gasteiger partial charge is 0.207 e. The third-order valence-corrected chi connectivity index (χ3v) is 0.927. The molecule has 4 nitrogen and oxygen atoms in total. The number of nitrogens with two attached hydrogens (primary N) is 1. The van der Waals surface area contributed by atoms with E-state index < -0.39 is 0 Å². The molecule has 0 spiro atoms. The van der Waals surface area contributed by atoms with Crippen LogP contribution in [0.5, 0.6) is 0 Å². The molecule has 1 aliphatic heterocycles. The Morgan fingerprint density at radius 3 is 2.67 bits per heavy atom. The van der Waals surface area contributed by atoms with E-state index in [9.17, 15) is 0 Å². The Bertz CT molecular complexity index is 125. The van der Waals surface area contributed by atoms with Crippen molar-refractivity contribution in [2.75, 3.05) is 6.54 Å². The van der Waals surface area contributed by atoms with Crippen molar-refractivity contribution in [2.45, 2.75) is 0 Å². The summed E-state index contributed by atoms with van der Waals surface area (Å²) in [6.45, 7) is 0.690. The summed E-state index contributed by atoms with van der Waals surface area (Å²) < 4.78 is 0. The van der Waals surface area contributed by atoms with Crippen LogP contribution in [0.2, 0.25) is 0 Å². The molecule has 0 bridgehead atoms.